The highest BCUT2D eigenvalue weighted by molar-refractivity contribution is 5.78. The Morgan fingerprint density at radius 3 is 2.31 bits per heavy atom. The number of hydrogen-bond acceptors (Lipinski definition) is 3. The van der Waals surface area contributed by atoms with Gasteiger partial charge in [-0.25, -0.2) is 0 Å². The van der Waals surface area contributed by atoms with Crippen LogP contribution in [0.15, 0.2) is 0 Å². The lowest BCUT2D eigenvalue weighted by Gasteiger charge is -2.28. The normalized spacial score (nSPS) is 11.6. The molecule has 78 valence electrons. The first-order valence-corrected chi connectivity index (χ1v) is 4.81. The molecule has 0 aromatic heterocycles. The van der Waals surface area contributed by atoms with Crippen molar-refractivity contribution in [3.8, 4) is 0 Å². The highest BCUT2D eigenvalue weighted by Gasteiger charge is 2.33. The van der Waals surface area contributed by atoms with Gasteiger partial charge in [0, 0.05) is 0 Å². The van der Waals surface area contributed by atoms with Crippen LogP contribution >= 0.6 is 0 Å². The predicted molar refractivity (Wildman–Crippen MR) is 52.6 cm³/mol. The molecule has 0 saturated carbocycles. The summed E-state index contributed by atoms with van der Waals surface area (Å²) in [5, 5.41) is 12.1. The molecule has 0 saturated heterocycles. The van der Waals surface area contributed by atoms with Crippen LogP contribution in [0.5, 0.6) is 0 Å². The van der Waals surface area contributed by atoms with E-state index in [9.17, 15) is 4.79 Å². The van der Waals surface area contributed by atoms with Crippen molar-refractivity contribution in [2.24, 2.45) is 5.73 Å². The lowest BCUT2D eigenvalue weighted by Crippen LogP contribution is -2.51. The smallest absolute Gasteiger partial charge is 0.323 e. The van der Waals surface area contributed by atoms with Crippen LogP contribution in [0.4, 0.5) is 0 Å². The van der Waals surface area contributed by atoms with E-state index in [1.54, 1.807) is 0 Å². The van der Waals surface area contributed by atoms with E-state index in [1.807, 2.05) is 13.8 Å². The van der Waals surface area contributed by atoms with Gasteiger partial charge < -0.3 is 16.2 Å². The molecule has 4 N–H and O–H groups in total. The topological polar surface area (TPSA) is 75.3 Å². The van der Waals surface area contributed by atoms with E-state index in [1.165, 1.54) is 0 Å². The summed E-state index contributed by atoms with van der Waals surface area (Å²) in [6.45, 7) is 5.03. The summed E-state index contributed by atoms with van der Waals surface area (Å²) < 4.78 is 0. The number of carbonyl (C=O) groups is 1. The zero-order chi connectivity index (χ0) is 10.3. The second-order valence-corrected chi connectivity index (χ2v) is 3.16. The van der Waals surface area contributed by atoms with Crippen molar-refractivity contribution in [2.45, 2.75) is 38.6 Å². The lowest BCUT2D eigenvalue weighted by molar-refractivity contribution is -0.145. The van der Waals surface area contributed by atoms with E-state index in [-0.39, 0.29) is 0 Å². The number of carboxylic acid groups (broad SMARTS) is 1. The van der Waals surface area contributed by atoms with Crippen LogP contribution in [-0.4, -0.2) is 29.7 Å². The average Bonchev–Trinajstić information content (AvgIpc) is 2.13. The third-order valence-electron chi connectivity index (χ3n) is 2.46. The molecule has 0 amide bonds. The Hall–Kier alpha value is -0.610. The van der Waals surface area contributed by atoms with Crippen molar-refractivity contribution in [3.63, 3.8) is 0 Å². The molecule has 0 aliphatic carbocycles. The Morgan fingerprint density at radius 2 is 2.00 bits per heavy atom. The molecule has 0 bridgehead atoms. The molecule has 0 aliphatic heterocycles. The van der Waals surface area contributed by atoms with E-state index in [0.29, 0.717) is 25.9 Å². The minimum absolute atomic E-state index is 0.593. The van der Waals surface area contributed by atoms with E-state index in [2.05, 4.69) is 5.32 Å². The molecule has 4 heteroatoms. The van der Waals surface area contributed by atoms with Crippen molar-refractivity contribution in [1.29, 1.82) is 0 Å². The van der Waals surface area contributed by atoms with Crippen LogP contribution in [0.25, 0.3) is 0 Å². The van der Waals surface area contributed by atoms with Gasteiger partial charge in [-0.1, -0.05) is 13.8 Å². The second kappa shape index (κ2) is 5.94. The van der Waals surface area contributed by atoms with Gasteiger partial charge in [-0.2, -0.15) is 0 Å². The van der Waals surface area contributed by atoms with Crippen LogP contribution in [0.1, 0.15) is 33.1 Å². The monoisotopic (exact) mass is 188 g/mol. The maximum Gasteiger partial charge on any atom is 0.323 e. The first kappa shape index (κ1) is 12.4. The van der Waals surface area contributed by atoms with Gasteiger partial charge in [0.05, 0.1) is 0 Å². The van der Waals surface area contributed by atoms with E-state index >= 15 is 0 Å². The highest BCUT2D eigenvalue weighted by atomic mass is 16.4. The van der Waals surface area contributed by atoms with Crippen molar-refractivity contribution < 1.29 is 9.90 Å². The summed E-state index contributed by atoms with van der Waals surface area (Å²) in [4.78, 5) is 11.0. The van der Waals surface area contributed by atoms with Gasteiger partial charge in [0.2, 0.25) is 0 Å². The van der Waals surface area contributed by atoms with Gasteiger partial charge in [0.25, 0.3) is 0 Å². The third kappa shape index (κ3) is 3.32. The molecular weight excluding hydrogens is 168 g/mol. The first-order valence-electron chi connectivity index (χ1n) is 4.81. The minimum atomic E-state index is -0.769. The van der Waals surface area contributed by atoms with Gasteiger partial charge >= 0.3 is 5.97 Å². The zero-order valence-corrected chi connectivity index (χ0v) is 8.47. The second-order valence-electron chi connectivity index (χ2n) is 3.16. The summed E-state index contributed by atoms with van der Waals surface area (Å²) in [6, 6.07) is 0. The molecule has 0 aromatic rings. The van der Waals surface area contributed by atoms with Gasteiger partial charge in [-0.05, 0) is 32.4 Å². The fourth-order valence-electron chi connectivity index (χ4n) is 1.31. The average molecular weight is 188 g/mol. The lowest BCUT2D eigenvalue weighted by atomic mass is 9.93. The number of nitrogens with one attached hydrogen (secondary N) is 1. The van der Waals surface area contributed by atoms with Crippen LogP contribution in [0.2, 0.25) is 0 Å². The maximum atomic E-state index is 11.0. The van der Waals surface area contributed by atoms with Gasteiger partial charge in [-0.15, -0.1) is 0 Å². The predicted octanol–water partition coefficient (Wildman–Crippen LogP) is 0.568. The fraction of sp³-hybridized carbons (Fsp3) is 0.889. The summed E-state index contributed by atoms with van der Waals surface area (Å²) in [5.74, 6) is -0.769. The molecule has 0 fully saturated rings. The molecule has 0 spiro atoms. The Morgan fingerprint density at radius 1 is 1.46 bits per heavy atom. The molecule has 0 unspecified atom stereocenters. The molecule has 13 heavy (non-hydrogen) atoms. The minimum Gasteiger partial charge on any atom is -0.480 e. The summed E-state index contributed by atoms with van der Waals surface area (Å²) in [6.07, 6.45) is 2.02. The molecule has 0 atom stereocenters. The van der Waals surface area contributed by atoms with Gasteiger partial charge in [0.1, 0.15) is 5.54 Å². The van der Waals surface area contributed by atoms with Crippen molar-refractivity contribution in [3.05, 3.63) is 0 Å². The summed E-state index contributed by atoms with van der Waals surface area (Å²) in [5.41, 5.74) is 4.57. The Labute approximate surface area is 79.5 Å². The molecular formula is C9H20N2O2. The van der Waals surface area contributed by atoms with E-state index in [4.69, 9.17) is 10.8 Å². The molecule has 0 heterocycles. The fourth-order valence-corrected chi connectivity index (χ4v) is 1.31. The number of hydrogen-bond donors (Lipinski definition) is 3. The third-order valence-corrected chi connectivity index (χ3v) is 2.46. The SMILES string of the molecule is CCC(CC)(NCCCN)C(=O)O. The first-order chi connectivity index (χ1) is 6.13. The quantitative estimate of drug-likeness (QED) is 0.510. The number of rotatable bonds is 7. The zero-order valence-electron chi connectivity index (χ0n) is 8.47. The van der Waals surface area contributed by atoms with Crippen molar-refractivity contribution >= 4 is 5.97 Å². The van der Waals surface area contributed by atoms with Crippen LogP contribution < -0.4 is 11.1 Å². The molecule has 0 rings (SSSR count). The number of aliphatic carboxylic acids is 1. The number of nitrogens with two attached hydrogens (primary N) is 1. The summed E-state index contributed by atoms with van der Waals surface area (Å²) in [7, 11) is 0. The van der Waals surface area contributed by atoms with Crippen molar-refractivity contribution in [1.82, 2.24) is 5.32 Å². The van der Waals surface area contributed by atoms with Crippen LogP contribution in [-0.2, 0) is 4.79 Å². The Balaban J connectivity index is 4.14. The molecule has 0 aromatic carbocycles. The summed E-state index contributed by atoms with van der Waals surface area (Å²) >= 11 is 0. The standard InChI is InChI=1S/C9H20N2O2/c1-3-9(4-2,8(12)13)11-7-5-6-10/h11H,3-7,10H2,1-2H3,(H,12,13). The molecule has 0 radical (unpaired) electrons. The maximum absolute atomic E-state index is 11.0. The highest BCUT2D eigenvalue weighted by Crippen LogP contribution is 2.14. The van der Waals surface area contributed by atoms with Gasteiger partial charge in [0.15, 0.2) is 0 Å². The Kier molecular flexibility index (Phi) is 5.66. The molecule has 0 aliphatic rings. The molecule has 4 nitrogen and oxygen atoms in total. The van der Waals surface area contributed by atoms with Crippen molar-refractivity contribution in [2.75, 3.05) is 13.1 Å². The van der Waals surface area contributed by atoms with Crippen LogP contribution in [0, 0.1) is 0 Å². The number of carboxylic acids is 1. The van der Waals surface area contributed by atoms with Crippen LogP contribution in [0.3, 0.4) is 0 Å². The Bertz CT molecular complexity index is 156. The largest absolute Gasteiger partial charge is 0.480 e. The van der Waals surface area contributed by atoms with Gasteiger partial charge in [-0.3, -0.25) is 4.79 Å². The van der Waals surface area contributed by atoms with E-state index < -0.39 is 11.5 Å². The van der Waals surface area contributed by atoms with E-state index in [0.717, 1.165) is 6.42 Å².